The number of aromatic hydroxyl groups is 9. The first-order valence-corrected chi connectivity index (χ1v) is 12.5. The van der Waals surface area contributed by atoms with E-state index in [-0.39, 0.29) is 0 Å². The van der Waals surface area contributed by atoms with Crippen molar-refractivity contribution in [3.8, 4) is 74.0 Å². The second-order valence-corrected chi connectivity index (χ2v) is 9.85. The predicted octanol–water partition coefficient (Wildman–Crippen LogP) is -0.588. The highest BCUT2D eigenvalue weighted by Gasteiger charge is 2.48. The minimum absolute atomic E-state index is 0.368. The van der Waals surface area contributed by atoms with Crippen LogP contribution in [-0.4, -0.2) is 116 Å². The molecular weight excluding hydrogens is 628 g/mol. The summed E-state index contributed by atoms with van der Waals surface area (Å²) in [5.74, 6) is -20.7. The number of cyclic esters (lactones) is 2. The third-order valence-electron chi connectivity index (χ3n) is 7.25. The van der Waals surface area contributed by atoms with Crippen molar-refractivity contribution < 1.29 is 94.7 Å². The Balaban J connectivity index is 2.11. The van der Waals surface area contributed by atoms with Gasteiger partial charge in [-0.15, -0.1) is 0 Å². The van der Waals surface area contributed by atoms with Gasteiger partial charge in [0.15, 0.2) is 46.7 Å². The van der Waals surface area contributed by atoms with Gasteiger partial charge in [0.25, 0.3) is 0 Å². The van der Waals surface area contributed by atoms with E-state index in [2.05, 4.69) is 0 Å². The summed E-state index contributed by atoms with van der Waals surface area (Å²) in [6, 6.07) is 0.772. The van der Waals surface area contributed by atoms with Crippen LogP contribution in [0.25, 0.3) is 22.3 Å². The summed E-state index contributed by atoms with van der Waals surface area (Å²) in [5.41, 5.74) is -8.47. The topological polar surface area (TPSA) is 339 Å². The molecule has 242 valence electrons. The predicted molar refractivity (Wildman–Crippen MR) is 141 cm³/mol. The molecule has 4 atom stereocenters. The number of aliphatic carboxylic acids is 1. The summed E-state index contributed by atoms with van der Waals surface area (Å²) in [5, 5.41) is 126. The van der Waals surface area contributed by atoms with E-state index < -0.39 is 146 Å². The monoisotopic (exact) mass is 648 g/mol. The van der Waals surface area contributed by atoms with Gasteiger partial charge in [-0.2, -0.15) is 0 Å². The number of carboxylic acids is 1. The Labute approximate surface area is 252 Å². The van der Waals surface area contributed by atoms with E-state index in [1.165, 1.54) is 0 Å². The van der Waals surface area contributed by atoms with E-state index in [0.717, 1.165) is 0 Å². The van der Waals surface area contributed by atoms with Crippen LogP contribution in [0.2, 0.25) is 0 Å². The average Bonchev–Trinajstić information content (AvgIpc) is 3.01. The smallest absolute Gasteiger partial charge is 0.349 e. The number of phenolic OH excluding ortho intramolecular Hbond substituents is 9. The standard InChI is InChI=1S/C27H20O19/c28-3-8-16(33)22-23(24(39)40)46-26(42)5-2-7(30)15(32)18(35)10(5)12-13(27(43)45-22)11(19(36)21(38)20(12)37)9-4(25(41)44-8)1-6(29)14(31)17(9)34/h1-2,8,16,22-23,28-38H,3H2,(H,39,40)/t8-,16-,22+,23+/m1/s1. The highest BCUT2D eigenvalue weighted by atomic mass is 16.6. The Hall–Kier alpha value is -6.34. The molecule has 0 saturated carbocycles. The highest BCUT2D eigenvalue weighted by molar-refractivity contribution is 6.15. The molecular formula is C27H20O19. The van der Waals surface area contributed by atoms with E-state index in [9.17, 15) is 80.5 Å². The third kappa shape index (κ3) is 4.37. The average molecular weight is 648 g/mol. The zero-order valence-corrected chi connectivity index (χ0v) is 22.4. The second-order valence-electron chi connectivity index (χ2n) is 9.85. The van der Waals surface area contributed by atoms with Crippen LogP contribution in [0.3, 0.4) is 0 Å². The maximum atomic E-state index is 14.0. The summed E-state index contributed by atoms with van der Waals surface area (Å²) in [7, 11) is 0. The number of hydrogen-bond donors (Lipinski definition) is 12. The molecule has 0 radical (unpaired) electrons. The molecule has 46 heavy (non-hydrogen) atoms. The number of benzene rings is 3. The Bertz CT molecular complexity index is 1880. The van der Waals surface area contributed by atoms with Crippen LogP contribution in [0.15, 0.2) is 12.1 Å². The lowest BCUT2D eigenvalue weighted by Crippen LogP contribution is -2.53. The van der Waals surface area contributed by atoms with E-state index in [1.807, 2.05) is 0 Å². The van der Waals surface area contributed by atoms with Crippen molar-refractivity contribution in [1.82, 2.24) is 0 Å². The minimum atomic E-state index is -2.75. The molecule has 12 N–H and O–H groups in total. The van der Waals surface area contributed by atoms with E-state index in [1.54, 1.807) is 0 Å². The molecule has 5 rings (SSSR count). The number of carboxylic acid groups (broad SMARTS) is 1. The summed E-state index contributed by atoms with van der Waals surface area (Å²) >= 11 is 0. The third-order valence-corrected chi connectivity index (χ3v) is 7.25. The summed E-state index contributed by atoms with van der Waals surface area (Å²) in [4.78, 5) is 53.1. The molecule has 2 bridgehead atoms. The molecule has 0 amide bonds. The van der Waals surface area contributed by atoms with Gasteiger partial charge < -0.3 is 75.5 Å². The quantitative estimate of drug-likeness (QED) is 0.0938. The molecule has 0 unspecified atom stereocenters. The summed E-state index contributed by atoms with van der Waals surface area (Å²) in [6.45, 7) is -1.35. The molecule has 0 saturated heterocycles. The molecule has 0 aromatic heterocycles. The van der Waals surface area contributed by atoms with Gasteiger partial charge in [-0.05, 0) is 12.1 Å². The lowest BCUT2D eigenvalue weighted by atomic mass is 9.84. The number of esters is 3. The Kier molecular flexibility index (Phi) is 7.22. The number of fused-ring (bicyclic) bond motifs is 6. The molecule has 2 aliphatic heterocycles. The zero-order valence-electron chi connectivity index (χ0n) is 22.4. The van der Waals surface area contributed by atoms with Gasteiger partial charge in [-0.25, -0.2) is 19.2 Å². The number of phenols is 9. The van der Waals surface area contributed by atoms with E-state index >= 15 is 0 Å². The van der Waals surface area contributed by atoms with Crippen LogP contribution in [0.1, 0.15) is 31.1 Å². The number of carbonyl (C=O) groups is 4. The maximum absolute atomic E-state index is 14.0. The van der Waals surface area contributed by atoms with Crippen molar-refractivity contribution in [1.29, 1.82) is 0 Å². The molecule has 0 aliphatic carbocycles. The fraction of sp³-hybridized carbons (Fsp3) is 0.185. The summed E-state index contributed by atoms with van der Waals surface area (Å²) < 4.78 is 15.1. The van der Waals surface area contributed by atoms with Gasteiger partial charge >= 0.3 is 23.9 Å². The molecule has 3 aromatic carbocycles. The fourth-order valence-electron chi connectivity index (χ4n) is 5.08. The first kappa shape index (κ1) is 31.1. The lowest BCUT2D eigenvalue weighted by molar-refractivity contribution is -0.166. The van der Waals surface area contributed by atoms with Gasteiger partial charge in [0.05, 0.1) is 23.3 Å². The van der Waals surface area contributed by atoms with Crippen LogP contribution in [0, 0.1) is 0 Å². The van der Waals surface area contributed by atoms with Crippen LogP contribution in [-0.2, 0) is 19.0 Å². The highest BCUT2D eigenvalue weighted by Crippen LogP contribution is 2.59. The van der Waals surface area contributed by atoms with Gasteiger partial charge in [0.1, 0.15) is 6.10 Å². The first-order chi connectivity index (χ1) is 21.5. The molecule has 19 heteroatoms. The minimum Gasteiger partial charge on any atom is -0.504 e. The van der Waals surface area contributed by atoms with Crippen LogP contribution in [0.5, 0.6) is 51.7 Å². The Morgan fingerprint density at radius 3 is 1.46 bits per heavy atom. The van der Waals surface area contributed by atoms with Gasteiger partial charge in [0, 0.05) is 22.3 Å². The molecule has 2 heterocycles. The number of rotatable bonds is 2. The first-order valence-electron chi connectivity index (χ1n) is 12.5. The van der Waals surface area contributed by atoms with Gasteiger partial charge in [0.2, 0.25) is 23.4 Å². The van der Waals surface area contributed by atoms with Crippen molar-refractivity contribution in [2.24, 2.45) is 0 Å². The second kappa shape index (κ2) is 10.7. The molecule has 2 aliphatic rings. The van der Waals surface area contributed by atoms with Crippen molar-refractivity contribution in [3.63, 3.8) is 0 Å². The summed E-state index contributed by atoms with van der Waals surface area (Å²) in [6.07, 6.45) is -10.2. The van der Waals surface area contributed by atoms with Crippen molar-refractivity contribution in [3.05, 3.63) is 28.8 Å². The Morgan fingerprint density at radius 2 is 1.02 bits per heavy atom. The molecule has 0 spiro atoms. The maximum Gasteiger partial charge on any atom is 0.349 e. The van der Waals surface area contributed by atoms with Crippen LogP contribution < -0.4 is 0 Å². The number of hydrogen-bond acceptors (Lipinski definition) is 18. The van der Waals surface area contributed by atoms with Crippen LogP contribution >= 0.6 is 0 Å². The van der Waals surface area contributed by atoms with E-state index in [0.29, 0.717) is 12.1 Å². The van der Waals surface area contributed by atoms with E-state index in [4.69, 9.17) is 14.2 Å². The van der Waals surface area contributed by atoms with Gasteiger partial charge in [-0.1, -0.05) is 0 Å². The van der Waals surface area contributed by atoms with Gasteiger partial charge in [-0.3, -0.25) is 0 Å². The number of aliphatic hydroxyl groups excluding tert-OH is 2. The Morgan fingerprint density at radius 1 is 0.587 bits per heavy atom. The van der Waals surface area contributed by atoms with Crippen molar-refractivity contribution in [2.75, 3.05) is 6.61 Å². The molecule has 3 aromatic rings. The number of ether oxygens (including phenoxy) is 3. The number of carbonyl (C=O) groups excluding carboxylic acids is 3. The zero-order chi connectivity index (χ0) is 34.1. The molecule has 0 fully saturated rings. The fourth-order valence-corrected chi connectivity index (χ4v) is 5.08. The molecule has 19 nitrogen and oxygen atoms in total. The van der Waals surface area contributed by atoms with Crippen LogP contribution in [0.4, 0.5) is 0 Å². The SMILES string of the molecule is O=C1O[C@H](C(=O)O)[C@H]2OC(=O)c3c(c(O)c(O)c(O)c3-c3c(cc(O)c(O)c3O)C(=O)O[C@H](CO)[C@H]2O)-c2c1cc(O)c(O)c2O. The lowest BCUT2D eigenvalue weighted by Gasteiger charge is -2.32. The normalized spacial score (nSPS) is 20.8. The number of aliphatic hydroxyl groups is 2. The van der Waals surface area contributed by atoms with Crippen molar-refractivity contribution >= 4 is 23.9 Å². The largest absolute Gasteiger partial charge is 0.504 e. The van der Waals surface area contributed by atoms with Crippen molar-refractivity contribution in [2.45, 2.75) is 24.4 Å².